The summed E-state index contributed by atoms with van der Waals surface area (Å²) in [5.41, 5.74) is -0.844. The summed E-state index contributed by atoms with van der Waals surface area (Å²) in [5.74, 6) is 0. The third-order valence-electron chi connectivity index (χ3n) is 2.55. The van der Waals surface area contributed by atoms with Crippen molar-refractivity contribution in [1.29, 1.82) is 0 Å². The number of alkyl halides is 3. The molecule has 95 valence electrons. The van der Waals surface area contributed by atoms with E-state index in [1.165, 1.54) is 19.1 Å². The third-order valence-corrected chi connectivity index (χ3v) is 2.55. The highest BCUT2D eigenvalue weighted by Crippen LogP contribution is 2.38. The quantitative estimate of drug-likeness (QED) is 0.783. The summed E-state index contributed by atoms with van der Waals surface area (Å²) < 4.78 is 38.8. The number of aliphatic hydroxyl groups excluding tert-OH is 1. The Balaban J connectivity index is 3.43. The van der Waals surface area contributed by atoms with Crippen LogP contribution in [0, 0.1) is 6.10 Å². The van der Waals surface area contributed by atoms with E-state index in [4.69, 9.17) is 0 Å². The molecule has 1 aromatic carbocycles. The molecule has 0 spiro atoms. The van der Waals surface area contributed by atoms with E-state index in [2.05, 4.69) is 0 Å². The maximum Gasteiger partial charge on any atom is 0.416 e. The molecule has 1 aromatic rings. The zero-order chi connectivity index (χ0) is 13.4. The largest absolute Gasteiger partial charge is 0.416 e. The van der Waals surface area contributed by atoms with Crippen molar-refractivity contribution >= 4 is 0 Å². The molecule has 0 heterocycles. The fourth-order valence-corrected chi connectivity index (χ4v) is 1.66. The number of halogens is 3. The van der Waals surface area contributed by atoms with Gasteiger partial charge in [-0.05, 0) is 29.5 Å². The average Bonchev–Trinajstić information content (AvgIpc) is 2.14. The summed E-state index contributed by atoms with van der Waals surface area (Å²) in [6.07, 6.45) is -4.52. The second-order valence-electron chi connectivity index (χ2n) is 5.09. The first kappa shape index (κ1) is 14.0. The fraction of sp³-hybridized carbons (Fsp3) is 0.462. The highest BCUT2D eigenvalue weighted by Gasteiger charge is 2.36. The standard InChI is InChI=1S/C13H16F3O/c1-8(17)9-5-6-10(12(2,3)4)11(7-9)13(14,15)16/h5-7,17H,1-4H3. The molecule has 4 heteroatoms. The van der Waals surface area contributed by atoms with Crippen LogP contribution in [-0.4, -0.2) is 5.11 Å². The van der Waals surface area contributed by atoms with Crippen LogP contribution in [-0.2, 0) is 11.6 Å². The maximum absolute atomic E-state index is 12.9. The fourth-order valence-electron chi connectivity index (χ4n) is 1.66. The molecule has 17 heavy (non-hydrogen) atoms. The van der Waals surface area contributed by atoms with Crippen molar-refractivity contribution in [2.45, 2.75) is 39.3 Å². The SMILES string of the molecule is C[C](O)c1ccc(C(C)(C)C)c(C(F)(F)F)c1. The molecule has 0 atom stereocenters. The maximum atomic E-state index is 12.9. The minimum absolute atomic E-state index is 0.115. The van der Waals surface area contributed by atoms with Gasteiger partial charge in [-0.25, -0.2) is 0 Å². The highest BCUT2D eigenvalue weighted by atomic mass is 19.4. The minimum atomic E-state index is -4.41. The van der Waals surface area contributed by atoms with Gasteiger partial charge >= 0.3 is 6.18 Å². The zero-order valence-electron chi connectivity index (χ0n) is 10.3. The third kappa shape index (κ3) is 3.22. The second-order valence-corrected chi connectivity index (χ2v) is 5.09. The molecule has 0 aliphatic heterocycles. The molecule has 0 saturated carbocycles. The summed E-state index contributed by atoms with van der Waals surface area (Å²) in [6, 6.07) is 3.93. The molecule has 0 bridgehead atoms. The summed E-state index contributed by atoms with van der Waals surface area (Å²) in [4.78, 5) is 0. The van der Waals surface area contributed by atoms with Gasteiger partial charge < -0.3 is 5.11 Å². The highest BCUT2D eigenvalue weighted by molar-refractivity contribution is 5.41. The van der Waals surface area contributed by atoms with Gasteiger partial charge in [0.1, 0.15) is 6.10 Å². The molecule has 1 nitrogen and oxygen atoms in total. The lowest BCUT2D eigenvalue weighted by atomic mass is 9.82. The van der Waals surface area contributed by atoms with Crippen molar-refractivity contribution in [3.05, 3.63) is 41.0 Å². The van der Waals surface area contributed by atoms with Crippen LogP contribution in [0.15, 0.2) is 18.2 Å². The summed E-state index contributed by atoms with van der Waals surface area (Å²) >= 11 is 0. The molecule has 0 amide bonds. The molecule has 0 unspecified atom stereocenters. The topological polar surface area (TPSA) is 20.2 Å². The van der Waals surface area contributed by atoms with Gasteiger partial charge in [-0.3, -0.25) is 0 Å². The van der Waals surface area contributed by atoms with Crippen LogP contribution in [0.3, 0.4) is 0 Å². The van der Waals surface area contributed by atoms with Gasteiger partial charge in [0.05, 0.1) is 5.56 Å². The van der Waals surface area contributed by atoms with Crippen LogP contribution in [0.1, 0.15) is 44.4 Å². The Morgan fingerprint density at radius 1 is 1.06 bits per heavy atom. The number of hydrogen-bond acceptors (Lipinski definition) is 1. The van der Waals surface area contributed by atoms with E-state index in [0.717, 1.165) is 6.07 Å². The van der Waals surface area contributed by atoms with Crippen LogP contribution in [0.4, 0.5) is 13.2 Å². The average molecular weight is 245 g/mol. The van der Waals surface area contributed by atoms with Crippen LogP contribution in [0.2, 0.25) is 0 Å². The van der Waals surface area contributed by atoms with E-state index in [-0.39, 0.29) is 17.2 Å². The van der Waals surface area contributed by atoms with Crippen LogP contribution < -0.4 is 0 Å². The Kier molecular flexibility index (Phi) is 3.58. The van der Waals surface area contributed by atoms with Crippen LogP contribution in [0.25, 0.3) is 0 Å². The lowest BCUT2D eigenvalue weighted by Crippen LogP contribution is -2.20. The Morgan fingerprint density at radius 3 is 1.94 bits per heavy atom. The van der Waals surface area contributed by atoms with E-state index in [1.54, 1.807) is 20.8 Å². The van der Waals surface area contributed by atoms with Gasteiger partial charge in [-0.1, -0.05) is 32.9 Å². The van der Waals surface area contributed by atoms with E-state index in [1.807, 2.05) is 0 Å². The van der Waals surface area contributed by atoms with Crippen molar-refractivity contribution in [2.24, 2.45) is 0 Å². The number of rotatable bonds is 1. The Morgan fingerprint density at radius 2 is 1.59 bits per heavy atom. The predicted octanol–water partition coefficient (Wildman–Crippen LogP) is 4.28. The molecule has 0 fully saturated rings. The number of benzene rings is 1. The molecule has 1 radical (unpaired) electrons. The molecular weight excluding hydrogens is 229 g/mol. The Labute approximate surface area is 99.3 Å². The van der Waals surface area contributed by atoms with Gasteiger partial charge in [0.2, 0.25) is 0 Å². The van der Waals surface area contributed by atoms with E-state index in [0.29, 0.717) is 0 Å². The first-order valence-corrected chi connectivity index (χ1v) is 5.28. The van der Waals surface area contributed by atoms with Crippen molar-refractivity contribution in [3.8, 4) is 0 Å². The molecular formula is C13H16F3O. The predicted molar refractivity (Wildman–Crippen MR) is 60.1 cm³/mol. The van der Waals surface area contributed by atoms with Gasteiger partial charge in [0, 0.05) is 0 Å². The van der Waals surface area contributed by atoms with Gasteiger partial charge in [-0.2, -0.15) is 13.2 Å². The molecule has 0 aliphatic rings. The normalized spacial score (nSPS) is 13.2. The van der Waals surface area contributed by atoms with E-state index in [9.17, 15) is 18.3 Å². The molecule has 1 rings (SSSR count). The molecule has 0 aliphatic carbocycles. The molecule has 1 N–H and O–H groups in total. The number of hydrogen-bond donors (Lipinski definition) is 1. The monoisotopic (exact) mass is 245 g/mol. The van der Waals surface area contributed by atoms with Gasteiger partial charge in [0.15, 0.2) is 0 Å². The smallest absolute Gasteiger partial charge is 0.382 e. The van der Waals surface area contributed by atoms with Crippen molar-refractivity contribution in [1.82, 2.24) is 0 Å². The summed E-state index contributed by atoms with van der Waals surface area (Å²) in [7, 11) is 0. The van der Waals surface area contributed by atoms with Crippen molar-refractivity contribution < 1.29 is 18.3 Å². The van der Waals surface area contributed by atoms with Gasteiger partial charge in [-0.15, -0.1) is 0 Å². The summed E-state index contributed by atoms with van der Waals surface area (Å²) in [6.45, 7) is 6.55. The molecule has 0 saturated heterocycles. The first-order valence-electron chi connectivity index (χ1n) is 5.28. The Hall–Kier alpha value is -1.03. The zero-order valence-corrected chi connectivity index (χ0v) is 10.3. The first-order chi connectivity index (χ1) is 7.53. The Bertz CT molecular complexity index is 400. The van der Waals surface area contributed by atoms with E-state index >= 15 is 0 Å². The minimum Gasteiger partial charge on any atom is -0.382 e. The van der Waals surface area contributed by atoms with E-state index < -0.39 is 17.2 Å². The lowest BCUT2D eigenvalue weighted by molar-refractivity contribution is -0.138. The number of aliphatic hydroxyl groups is 1. The van der Waals surface area contributed by atoms with Crippen LogP contribution in [0.5, 0.6) is 0 Å². The van der Waals surface area contributed by atoms with Crippen LogP contribution >= 0.6 is 0 Å². The lowest BCUT2D eigenvalue weighted by Gasteiger charge is -2.25. The van der Waals surface area contributed by atoms with Crippen molar-refractivity contribution in [2.75, 3.05) is 0 Å². The second kappa shape index (κ2) is 4.33. The summed E-state index contributed by atoms with van der Waals surface area (Å²) in [5, 5.41) is 9.26. The van der Waals surface area contributed by atoms with Crippen molar-refractivity contribution in [3.63, 3.8) is 0 Å². The molecule has 0 aromatic heterocycles. The van der Waals surface area contributed by atoms with Gasteiger partial charge in [0.25, 0.3) is 0 Å².